The van der Waals surface area contributed by atoms with Gasteiger partial charge in [0.1, 0.15) is 5.82 Å². The predicted octanol–water partition coefficient (Wildman–Crippen LogP) is 6.54. The molecule has 1 N–H and O–H groups in total. The fourth-order valence-corrected chi connectivity index (χ4v) is 4.11. The second-order valence-corrected chi connectivity index (χ2v) is 8.47. The molecule has 1 aromatic heterocycles. The maximum absolute atomic E-state index is 13.5. The topological polar surface area (TPSA) is 71.3 Å². The molecule has 1 aliphatic heterocycles. The Labute approximate surface area is 200 Å². The molecule has 0 spiro atoms. The Balaban J connectivity index is 1.64. The third-order valence-electron chi connectivity index (χ3n) is 5.74. The Morgan fingerprint density at radius 2 is 1.65 bits per heavy atom. The molecule has 5 rings (SSSR count). The van der Waals surface area contributed by atoms with E-state index in [9.17, 15) is 9.18 Å². The molecule has 0 aliphatic carbocycles. The van der Waals surface area contributed by atoms with Crippen LogP contribution in [0, 0.1) is 12.7 Å². The summed E-state index contributed by atoms with van der Waals surface area (Å²) in [6, 6.07) is 19.8. The van der Waals surface area contributed by atoms with E-state index in [4.69, 9.17) is 16.1 Å². The van der Waals surface area contributed by atoms with Gasteiger partial charge in [-0.25, -0.2) is 9.18 Å². The number of allylic oxidation sites excluding steroid dienone is 1. The zero-order valence-electron chi connectivity index (χ0n) is 18.4. The number of rotatable bonds is 4. The number of benzene rings is 3. The Morgan fingerprint density at radius 3 is 2.32 bits per heavy atom. The van der Waals surface area contributed by atoms with Crippen molar-refractivity contribution in [2.75, 3.05) is 4.90 Å². The smallest absolute Gasteiger partial charge is 0.326 e. The molecular weight excluding hydrogens is 455 g/mol. The lowest BCUT2D eigenvalue weighted by molar-refractivity contribution is 0.244. The van der Waals surface area contributed by atoms with Crippen LogP contribution in [-0.2, 0) is 0 Å². The summed E-state index contributed by atoms with van der Waals surface area (Å²) in [5, 5.41) is 7.77. The molecule has 2 amide bonds. The van der Waals surface area contributed by atoms with Crippen molar-refractivity contribution in [2.45, 2.75) is 19.9 Å². The number of hydrogen-bond acceptors (Lipinski definition) is 4. The Hall–Kier alpha value is -3.97. The van der Waals surface area contributed by atoms with Gasteiger partial charge in [0.25, 0.3) is 5.89 Å². The summed E-state index contributed by atoms with van der Waals surface area (Å²) >= 11 is 6.08. The standard InChI is InChI=1S/C26H20ClFN4O2/c1-15-3-5-18(6-4-15)24-30-25(34-31-24)22-16(2)32(21-13-11-20(28)12-14-21)26(33)29-23(22)17-7-9-19(27)10-8-17/h3-14,23H,1-2H3,(H,29,33). The van der Waals surface area contributed by atoms with Gasteiger partial charge in [0.15, 0.2) is 0 Å². The van der Waals surface area contributed by atoms with Crippen LogP contribution in [-0.4, -0.2) is 16.2 Å². The third kappa shape index (κ3) is 4.06. The highest BCUT2D eigenvalue weighted by atomic mass is 35.5. The number of anilines is 1. The first-order valence-corrected chi connectivity index (χ1v) is 11.0. The van der Waals surface area contributed by atoms with E-state index in [1.165, 1.54) is 17.0 Å². The molecule has 6 nitrogen and oxygen atoms in total. The molecule has 0 saturated heterocycles. The quantitative estimate of drug-likeness (QED) is 0.364. The molecule has 1 unspecified atom stereocenters. The molecule has 8 heteroatoms. The summed E-state index contributed by atoms with van der Waals surface area (Å²) < 4.78 is 19.2. The van der Waals surface area contributed by atoms with Crippen LogP contribution in [0.4, 0.5) is 14.9 Å². The summed E-state index contributed by atoms with van der Waals surface area (Å²) in [5.41, 5.74) is 4.49. The highest BCUT2D eigenvalue weighted by Crippen LogP contribution is 2.39. The number of nitrogens with one attached hydrogen (secondary N) is 1. The van der Waals surface area contributed by atoms with Gasteiger partial charge in [0.05, 0.1) is 17.3 Å². The van der Waals surface area contributed by atoms with E-state index in [0.29, 0.717) is 27.8 Å². The van der Waals surface area contributed by atoms with Crippen molar-refractivity contribution in [1.82, 2.24) is 15.5 Å². The fraction of sp³-hybridized carbons (Fsp3) is 0.115. The molecule has 1 atom stereocenters. The molecule has 4 aromatic rings. The van der Waals surface area contributed by atoms with Gasteiger partial charge in [-0.2, -0.15) is 4.98 Å². The van der Waals surface area contributed by atoms with Gasteiger partial charge in [-0.15, -0.1) is 0 Å². The number of hydrogen-bond donors (Lipinski definition) is 1. The molecule has 170 valence electrons. The highest BCUT2D eigenvalue weighted by molar-refractivity contribution is 6.30. The molecule has 0 saturated carbocycles. The van der Waals surface area contributed by atoms with Crippen molar-refractivity contribution >= 4 is 28.9 Å². The van der Waals surface area contributed by atoms with E-state index in [0.717, 1.165) is 16.7 Å². The zero-order valence-corrected chi connectivity index (χ0v) is 19.2. The summed E-state index contributed by atoms with van der Waals surface area (Å²) in [5.74, 6) is 0.331. The number of urea groups is 1. The van der Waals surface area contributed by atoms with Crippen molar-refractivity contribution in [3.05, 3.63) is 106 Å². The molecule has 0 fully saturated rings. The third-order valence-corrected chi connectivity index (χ3v) is 5.99. The Bertz CT molecular complexity index is 1380. The zero-order chi connectivity index (χ0) is 23.8. The van der Waals surface area contributed by atoms with E-state index in [2.05, 4.69) is 15.5 Å². The maximum atomic E-state index is 13.5. The van der Waals surface area contributed by atoms with Crippen LogP contribution in [0.25, 0.3) is 17.0 Å². The minimum Gasteiger partial charge on any atom is -0.334 e. The lowest BCUT2D eigenvalue weighted by Crippen LogP contribution is -2.46. The van der Waals surface area contributed by atoms with Crippen molar-refractivity contribution in [3.8, 4) is 11.4 Å². The van der Waals surface area contributed by atoms with Gasteiger partial charge in [0, 0.05) is 16.3 Å². The monoisotopic (exact) mass is 474 g/mol. The van der Waals surface area contributed by atoms with Gasteiger partial charge in [0.2, 0.25) is 5.82 Å². The number of carbonyl (C=O) groups excluding carboxylic acids is 1. The van der Waals surface area contributed by atoms with Crippen LogP contribution in [0.15, 0.2) is 83.0 Å². The first kappa shape index (κ1) is 21.9. The predicted molar refractivity (Wildman–Crippen MR) is 129 cm³/mol. The molecule has 0 bridgehead atoms. The van der Waals surface area contributed by atoms with Gasteiger partial charge in [-0.05, 0) is 55.8 Å². The van der Waals surface area contributed by atoms with Crippen LogP contribution in [0.1, 0.15) is 30.0 Å². The number of carbonyl (C=O) groups is 1. The Kier molecular flexibility index (Phi) is 5.63. The van der Waals surface area contributed by atoms with E-state index < -0.39 is 6.04 Å². The van der Waals surface area contributed by atoms with E-state index in [-0.39, 0.29) is 17.7 Å². The van der Waals surface area contributed by atoms with Crippen molar-refractivity contribution < 1.29 is 13.7 Å². The number of nitrogens with zero attached hydrogens (tertiary/aromatic N) is 3. The maximum Gasteiger partial charge on any atom is 0.326 e. The normalized spacial score (nSPS) is 16.1. The second-order valence-electron chi connectivity index (χ2n) is 8.03. The van der Waals surface area contributed by atoms with E-state index in [1.807, 2.05) is 43.3 Å². The number of amides is 2. The van der Waals surface area contributed by atoms with E-state index >= 15 is 0 Å². The van der Waals surface area contributed by atoms with Crippen LogP contribution in [0.2, 0.25) is 5.02 Å². The number of aromatic nitrogens is 2. The van der Waals surface area contributed by atoms with Crippen LogP contribution in [0.3, 0.4) is 0 Å². The van der Waals surface area contributed by atoms with Crippen LogP contribution in [0.5, 0.6) is 0 Å². The second kappa shape index (κ2) is 8.76. The molecule has 34 heavy (non-hydrogen) atoms. The molecule has 1 aliphatic rings. The van der Waals surface area contributed by atoms with Crippen LogP contribution >= 0.6 is 11.6 Å². The first-order chi connectivity index (χ1) is 16.4. The van der Waals surface area contributed by atoms with Gasteiger partial charge in [-0.3, -0.25) is 4.90 Å². The highest BCUT2D eigenvalue weighted by Gasteiger charge is 2.36. The summed E-state index contributed by atoms with van der Waals surface area (Å²) in [7, 11) is 0. The average Bonchev–Trinajstić information content (AvgIpc) is 3.30. The molecule has 0 radical (unpaired) electrons. The summed E-state index contributed by atoms with van der Waals surface area (Å²) in [6.07, 6.45) is 0. The Morgan fingerprint density at radius 1 is 0.971 bits per heavy atom. The van der Waals surface area contributed by atoms with Gasteiger partial charge in [-0.1, -0.05) is 58.7 Å². The minimum atomic E-state index is -0.548. The summed E-state index contributed by atoms with van der Waals surface area (Å²) in [4.78, 5) is 19.3. The number of halogens is 2. The molecular formula is C26H20ClFN4O2. The molecule has 3 aromatic carbocycles. The average molecular weight is 475 g/mol. The van der Waals surface area contributed by atoms with Crippen molar-refractivity contribution in [1.29, 1.82) is 0 Å². The van der Waals surface area contributed by atoms with Gasteiger partial charge < -0.3 is 9.84 Å². The lowest BCUT2D eigenvalue weighted by atomic mass is 9.94. The SMILES string of the molecule is CC1=C(c2nc(-c3ccc(C)cc3)no2)C(c2ccc(Cl)cc2)NC(=O)N1c1ccc(F)cc1. The van der Waals surface area contributed by atoms with E-state index in [1.54, 1.807) is 31.2 Å². The van der Waals surface area contributed by atoms with Crippen molar-refractivity contribution in [3.63, 3.8) is 0 Å². The minimum absolute atomic E-state index is 0.278. The largest absolute Gasteiger partial charge is 0.334 e. The number of aryl methyl sites for hydroxylation is 1. The van der Waals surface area contributed by atoms with Crippen molar-refractivity contribution in [2.24, 2.45) is 0 Å². The summed E-state index contributed by atoms with van der Waals surface area (Å²) in [6.45, 7) is 3.81. The van der Waals surface area contributed by atoms with Crippen LogP contribution < -0.4 is 10.2 Å². The molecule has 2 heterocycles. The van der Waals surface area contributed by atoms with Gasteiger partial charge >= 0.3 is 6.03 Å². The first-order valence-electron chi connectivity index (χ1n) is 10.6. The fourth-order valence-electron chi connectivity index (χ4n) is 3.98. The lowest BCUT2D eigenvalue weighted by Gasteiger charge is -2.35.